The number of aromatic nitrogens is 1. The lowest BCUT2D eigenvalue weighted by atomic mass is 10.2. The highest BCUT2D eigenvalue weighted by Crippen LogP contribution is 2.23. The molecule has 1 aliphatic heterocycles. The molecular formula is C13H16N2O. The van der Waals surface area contributed by atoms with Crippen molar-refractivity contribution in [2.45, 2.75) is 25.7 Å². The Morgan fingerprint density at radius 3 is 2.75 bits per heavy atom. The van der Waals surface area contributed by atoms with E-state index >= 15 is 0 Å². The number of pyridine rings is 1. The molecule has 2 aromatic rings. The van der Waals surface area contributed by atoms with Gasteiger partial charge < -0.3 is 9.32 Å². The molecule has 0 unspecified atom stereocenters. The van der Waals surface area contributed by atoms with E-state index in [1.165, 1.54) is 31.4 Å². The Labute approximate surface area is 95.1 Å². The Morgan fingerprint density at radius 2 is 1.94 bits per heavy atom. The van der Waals surface area contributed by atoms with Crippen LogP contribution in [0.15, 0.2) is 29.0 Å². The third kappa shape index (κ3) is 1.77. The Morgan fingerprint density at radius 1 is 1.12 bits per heavy atom. The van der Waals surface area contributed by atoms with Crippen molar-refractivity contribution in [1.82, 2.24) is 4.98 Å². The number of hydrogen-bond donors (Lipinski definition) is 0. The van der Waals surface area contributed by atoms with Crippen LogP contribution in [0.2, 0.25) is 0 Å². The summed E-state index contributed by atoms with van der Waals surface area (Å²) in [6.07, 6.45) is 8.94. The van der Waals surface area contributed by atoms with Gasteiger partial charge in [0.1, 0.15) is 5.52 Å². The minimum absolute atomic E-state index is 0.891. The first-order valence-corrected chi connectivity index (χ1v) is 6.02. The molecule has 0 saturated carbocycles. The normalized spacial score (nSPS) is 17.6. The summed E-state index contributed by atoms with van der Waals surface area (Å²) < 4.78 is 5.39. The maximum atomic E-state index is 5.39. The van der Waals surface area contributed by atoms with Gasteiger partial charge in [0.2, 0.25) is 0 Å². The van der Waals surface area contributed by atoms with E-state index in [2.05, 4.69) is 16.0 Å². The summed E-state index contributed by atoms with van der Waals surface area (Å²) >= 11 is 0. The number of hydrogen-bond acceptors (Lipinski definition) is 3. The lowest BCUT2D eigenvalue weighted by Gasteiger charge is -2.21. The van der Waals surface area contributed by atoms with Crippen LogP contribution in [0.1, 0.15) is 25.7 Å². The summed E-state index contributed by atoms with van der Waals surface area (Å²) in [6, 6.07) is 4.01. The molecule has 3 heteroatoms. The number of nitrogens with zero attached hydrogens (tertiary/aromatic N) is 2. The molecule has 2 aromatic heterocycles. The predicted molar refractivity (Wildman–Crippen MR) is 64.7 cm³/mol. The first kappa shape index (κ1) is 9.70. The van der Waals surface area contributed by atoms with Gasteiger partial charge in [-0.05, 0) is 12.8 Å². The number of fused-ring (bicyclic) bond motifs is 1. The molecule has 3 rings (SSSR count). The molecule has 16 heavy (non-hydrogen) atoms. The quantitative estimate of drug-likeness (QED) is 0.733. The fraction of sp³-hybridized carbons (Fsp3) is 0.462. The van der Waals surface area contributed by atoms with Crippen LogP contribution >= 0.6 is 0 Å². The molecule has 84 valence electrons. The van der Waals surface area contributed by atoms with E-state index in [0.717, 1.165) is 24.2 Å². The lowest BCUT2D eigenvalue weighted by molar-refractivity contribution is 0.615. The Hall–Kier alpha value is -1.51. The van der Waals surface area contributed by atoms with E-state index < -0.39 is 0 Å². The van der Waals surface area contributed by atoms with Gasteiger partial charge in [0.25, 0.3) is 0 Å². The molecule has 1 fully saturated rings. The van der Waals surface area contributed by atoms with Gasteiger partial charge in [-0.15, -0.1) is 0 Å². The third-order valence-corrected chi connectivity index (χ3v) is 3.26. The van der Waals surface area contributed by atoms with Gasteiger partial charge in [-0.1, -0.05) is 12.8 Å². The zero-order valence-corrected chi connectivity index (χ0v) is 9.35. The van der Waals surface area contributed by atoms with Gasteiger partial charge in [-0.2, -0.15) is 0 Å². The number of furan rings is 1. The molecule has 0 aliphatic carbocycles. The second-order valence-electron chi connectivity index (χ2n) is 4.40. The van der Waals surface area contributed by atoms with E-state index in [4.69, 9.17) is 4.42 Å². The van der Waals surface area contributed by atoms with Gasteiger partial charge in [0.05, 0.1) is 18.1 Å². The van der Waals surface area contributed by atoms with Gasteiger partial charge in [-0.25, -0.2) is 0 Å². The van der Waals surface area contributed by atoms with Crippen LogP contribution in [0, 0.1) is 0 Å². The lowest BCUT2D eigenvalue weighted by Crippen LogP contribution is -2.23. The zero-order chi connectivity index (χ0) is 10.8. The molecule has 0 aromatic carbocycles. The average molecular weight is 216 g/mol. The minimum atomic E-state index is 0.891. The van der Waals surface area contributed by atoms with Crippen molar-refractivity contribution in [3.8, 4) is 0 Å². The Balaban J connectivity index is 1.91. The van der Waals surface area contributed by atoms with E-state index in [1.807, 2.05) is 12.3 Å². The second kappa shape index (κ2) is 4.16. The van der Waals surface area contributed by atoms with Gasteiger partial charge in [0.15, 0.2) is 5.58 Å². The standard InChI is InChI=1S/C13H16N2O/c1-2-4-7-15(6-3-1)11-9-13-12(14-10-11)5-8-16-13/h5,8-10H,1-4,6-7H2. The SMILES string of the molecule is c1cc2ncc(N3CCCCCC3)cc2o1. The summed E-state index contributed by atoms with van der Waals surface area (Å²) in [4.78, 5) is 6.83. The fourth-order valence-electron chi connectivity index (χ4n) is 2.34. The molecule has 3 nitrogen and oxygen atoms in total. The molecule has 0 bridgehead atoms. The maximum absolute atomic E-state index is 5.39. The van der Waals surface area contributed by atoms with Crippen molar-refractivity contribution in [3.05, 3.63) is 24.6 Å². The second-order valence-corrected chi connectivity index (χ2v) is 4.40. The topological polar surface area (TPSA) is 29.3 Å². The fourth-order valence-corrected chi connectivity index (χ4v) is 2.34. The first-order valence-electron chi connectivity index (χ1n) is 6.02. The maximum Gasteiger partial charge on any atom is 0.154 e. The van der Waals surface area contributed by atoms with Gasteiger partial charge >= 0.3 is 0 Å². The summed E-state index contributed by atoms with van der Waals surface area (Å²) in [5, 5.41) is 0. The molecule has 0 atom stereocenters. The first-order chi connectivity index (χ1) is 7.93. The van der Waals surface area contributed by atoms with Gasteiger partial charge in [-0.3, -0.25) is 4.98 Å². The molecule has 3 heterocycles. The third-order valence-electron chi connectivity index (χ3n) is 3.26. The predicted octanol–water partition coefficient (Wildman–Crippen LogP) is 3.21. The van der Waals surface area contributed by atoms with E-state index in [-0.39, 0.29) is 0 Å². The molecule has 0 spiro atoms. The van der Waals surface area contributed by atoms with Crippen molar-refractivity contribution in [2.75, 3.05) is 18.0 Å². The Bertz CT molecular complexity index is 469. The molecule has 0 amide bonds. The summed E-state index contributed by atoms with van der Waals surface area (Å²) in [5.41, 5.74) is 3.03. The highest BCUT2D eigenvalue weighted by Gasteiger charge is 2.11. The molecule has 1 aliphatic rings. The molecule has 0 N–H and O–H groups in total. The van der Waals surface area contributed by atoms with Crippen molar-refractivity contribution >= 4 is 16.8 Å². The Kier molecular flexibility index (Phi) is 2.52. The zero-order valence-electron chi connectivity index (χ0n) is 9.35. The molecule has 0 radical (unpaired) electrons. The van der Waals surface area contributed by atoms with Crippen molar-refractivity contribution in [1.29, 1.82) is 0 Å². The van der Waals surface area contributed by atoms with Crippen LogP contribution < -0.4 is 4.90 Å². The van der Waals surface area contributed by atoms with Crippen molar-refractivity contribution < 1.29 is 4.42 Å². The van der Waals surface area contributed by atoms with Crippen LogP contribution in [-0.4, -0.2) is 18.1 Å². The van der Waals surface area contributed by atoms with Crippen LogP contribution in [0.5, 0.6) is 0 Å². The van der Waals surface area contributed by atoms with Gasteiger partial charge in [0, 0.05) is 25.2 Å². The van der Waals surface area contributed by atoms with Crippen molar-refractivity contribution in [2.24, 2.45) is 0 Å². The monoisotopic (exact) mass is 216 g/mol. The smallest absolute Gasteiger partial charge is 0.154 e. The van der Waals surface area contributed by atoms with Crippen LogP contribution in [0.4, 0.5) is 5.69 Å². The minimum Gasteiger partial charge on any atom is -0.463 e. The largest absolute Gasteiger partial charge is 0.463 e. The van der Waals surface area contributed by atoms with Crippen LogP contribution in [0.25, 0.3) is 11.1 Å². The summed E-state index contributed by atoms with van der Waals surface area (Å²) in [5.74, 6) is 0. The van der Waals surface area contributed by atoms with Crippen molar-refractivity contribution in [3.63, 3.8) is 0 Å². The van der Waals surface area contributed by atoms with E-state index in [0.29, 0.717) is 0 Å². The average Bonchev–Trinajstić information content (AvgIpc) is 2.61. The summed E-state index contributed by atoms with van der Waals surface area (Å²) in [6.45, 7) is 2.29. The highest BCUT2D eigenvalue weighted by atomic mass is 16.3. The number of rotatable bonds is 1. The highest BCUT2D eigenvalue weighted by molar-refractivity contribution is 5.76. The van der Waals surface area contributed by atoms with E-state index in [1.54, 1.807) is 6.26 Å². The molecule has 1 saturated heterocycles. The van der Waals surface area contributed by atoms with Crippen LogP contribution in [0.3, 0.4) is 0 Å². The van der Waals surface area contributed by atoms with Crippen LogP contribution in [-0.2, 0) is 0 Å². The molecular weight excluding hydrogens is 200 g/mol. The summed E-state index contributed by atoms with van der Waals surface area (Å²) in [7, 11) is 0. The van der Waals surface area contributed by atoms with E-state index in [9.17, 15) is 0 Å². The number of anilines is 1.